The molecule has 0 bridgehead atoms. The maximum absolute atomic E-state index is 8.99. The number of fused-ring (bicyclic) bond motifs is 1. The predicted molar refractivity (Wildman–Crippen MR) is 75.8 cm³/mol. The third-order valence-electron chi connectivity index (χ3n) is 4.61. The Kier molecular flexibility index (Phi) is 3.90. The Morgan fingerprint density at radius 3 is 2.85 bits per heavy atom. The molecule has 1 fully saturated rings. The maximum atomic E-state index is 8.99. The highest BCUT2D eigenvalue weighted by Crippen LogP contribution is 2.25. The lowest BCUT2D eigenvalue weighted by molar-refractivity contribution is -1.02. The molecule has 1 atom stereocenters. The number of ether oxygens (including phenoxy) is 1. The molecule has 0 unspecified atom stereocenters. The van der Waals surface area contributed by atoms with Crippen molar-refractivity contribution in [2.45, 2.75) is 25.9 Å². The zero-order valence-electron chi connectivity index (χ0n) is 12.1. The van der Waals surface area contributed by atoms with Crippen molar-refractivity contribution in [3.8, 4) is 11.8 Å². The summed E-state index contributed by atoms with van der Waals surface area (Å²) in [6.45, 7) is 8.50. The van der Waals surface area contributed by atoms with E-state index in [4.69, 9.17) is 10.00 Å². The highest BCUT2D eigenvalue weighted by atomic mass is 16.5. The molecule has 1 saturated heterocycles. The average molecular weight is 273 g/mol. The zero-order valence-corrected chi connectivity index (χ0v) is 12.1. The van der Waals surface area contributed by atoms with Crippen molar-refractivity contribution in [2.75, 3.05) is 32.8 Å². The summed E-state index contributed by atoms with van der Waals surface area (Å²) in [5.41, 5.74) is 2.78. The number of nitrogens with one attached hydrogen (secondary N) is 2. The SMILES string of the molecule is C[C@@H](C#N)[NH+]1CC[NH+](Cc2ccc3c(c2)CCO3)CC1. The van der Waals surface area contributed by atoms with E-state index in [1.807, 2.05) is 6.92 Å². The van der Waals surface area contributed by atoms with Crippen LogP contribution in [0, 0.1) is 11.3 Å². The van der Waals surface area contributed by atoms with Gasteiger partial charge in [0.05, 0.1) is 6.61 Å². The van der Waals surface area contributed by atoms with E-state index in [1.165, 1.54) is 16.0 Å². The first-order valence-corrected chi connectivity index (χ1v) is 7.58. The van der Waals surface area contributed by atoms with Gasteiger partial charge in [-0.3, -0.25) is 0 Å². The second-order valence-corrected chi connectivity index (χ2v) is 5.98. The molecule has 1 aromatic carbocycles. The van der Waals surface area contributed by atoms with E-state index in [1.54, 1.807) is 4.90 Å². The highest BCUT2D eigenvalue weighted by molar-refractivity contribution is 5.39. The third-order valence-corrected chi connectivity index (χ3v) is 4.61. The fourth-order valence-electron chi connectivity index (χ4n) is 3.26. The van der Waals surface area contributed by atoms with Gasteiger partial charge in [-0.25, -0.2) is 0 Å². The van der Waals surface area contributed by atoms with E-state index >= 15 is 0 Å². The molecule has 0 radical (unpaired) electrons. The topological polar surface area (TPSA) is 41.9 Å². The minimum absolute atomic E-state index is 0.133. The number of piperazine rings is 1. The maximum Gasteiger partial charge on any atom is 0.172 e. The van der Waals surface area contributed by atoms with Crippen LogP contribution in [-0.4, -0.2) is 38.8 Å². The molecule has 2 N–H and O–H groups in total. The van der Waals surface area contributed by atoms with Gasteiger partial charge in [-0.15, -0.1) is 0 Å². The minimum Gasteiger partial charge on any atom is -0.493 e. The van der Waals surface area contributed by atoms with Crippen LogP contribution in [0.5, 0.6) is 5.75 Å². The van der Waals surface area contributed by atoms with Crippen LogP contribution < -0.4 is 14.5 Å². The van der Waals surface area contributed by atoms with Gasteiger partial charge >= 0.3 is 0 Å². The van der Waals surface area contributed by atoms with E-state index in [2.05, 4.69) is 24.3 Å². The molecule has 0 amide bonds. The molecule has 106 valence electrons. The monoisotopic (exact) mass is 273 g/mol. The van der Waals surface area contributed by atoms with E-state index < -0.39 is 0 Å². The summed E-state index contributed by atoms with van der Waals surface area (Å²) < 4.78 is 5.56. The van der Waals surface area contributed by atoms with Gasteiger partial charge in [0.15, 0.2) is 6.04 Å². The number of hydrogen-bond donors (Lipinski definition) is 2. The lowest BCUT2D eigenvalue weighted by atomic mass is 10.1. The molecule has 3 rings (SSSR count). The van der Waals surface area contributed by atoms with E-state index in [9.17, 15) is 0 Å². The number of nitrogens with zero attached hydrogens (tertiary/aromatic N) is 1. The van der Waals surface area contributed by atoms with Crippen LogP contribution in [0.3, 0.4) is 0 Å². The summed E-state index contributed by atoms with van der Waals surface area (Å²) in [5, 5.41) is 8.99. The summed E-state index contributed by atoms with van der Waals surface area (Å²) in [6, 6.07) is 9.14. The predicted octanol–water partition coefficient (Wildman–Crippen LogP) is -1.18. The summed E-state index contributed by atoms with van der Waals surface area (Å²) in [5.74, 6) is 1.07. The van der Waals surface area contributed by atoms with Crippen LogP contribution in [-0.2, 0) is 13.0 Å². The molecule has 0 saturated carbocycles. The lowest BCUT2D eigenvalue weighted by Gasteiger charge is -2.31. The Morgan fingerprint density at radius 2 is 2.10 bits per heavy atom. The van der Waals surface area contributed by atoms with Crippen molar-refractivity contribution in [1.82, 2.24) is 0 Å². The first kappa shape index (κ1) is 13.4. The van der Waals surface area contributed by atoms with Crippen LogP contribution in [0.4, 0.5) is 0 Å². The van der Waals surface area contributed by atoms with Crippen LogP contribution >= 0.6 is 0 Å². The third kappa shape index (κ3) is 2.79. The zero-order chi connectivity index (χ0) is 13.9. The number of nitriles is 1. The van der Waals surface area contributed by atoms with Gasteiger partial charge in [-0.05, 0) is 23.8 Å². The van der Waals surface area contributed by atoms with Crippen LogP contribution in [0.25, 0.3) is 0 Å². The second-order valence-electron chi connectivity index (χ2n) is 5.98. The Balaban J connectivity index is 1.56. The van der Waals surface area contributed by atoms with Gasteiger partial charge in [0.1, 0.15) is 44.5 Å². The molecule has 20 heavy (non-hydrogen) atoms. The normalized spacial score (nSPS) is 26.4. The van der Waals surface area contributed by atoms with E-state index in [0.717, 1.165) is 51.5 Å². The van der Waals surface area contributed by atoms with Gasteiger partial charge in [-0.2, -0.15) is 5.26 Å². The fourth-order valence-corrected chi connectivity index (χ4v) is 3.26. The van der Waals surface area contributed by atoms with Gasteiger partial charge in [-0.1, -0.05) is 0 Å². The van der Waals surface area contributed by atoms with Gasteiger partial charge in [0, 0.05) is 18.9 Å². The molecular weight excluding hydrogens is 250 g/mol. The summed E-state index contributed by atoms with van der Waals surface area (Å²) in [7, 11) is 0. The standard InChI is InChI=1S/C16H21N3O/c1-13(11-17)19-7-5-18(6-8-19)12-14-2-3-16-15(10-14)4-9-20-16/h2-3,10,13H,4-9,12H2,1H3/p+2/t13-/m0/s1. The molecule has 2 aliphatic heterocycles. The smallest absolute Gasteiger partial charge is 0.172 e. The molecule has 2 heterocycles. The Bertz CT molecular complexity index is 515. The number of rotatable bonds is 3. The fraction of sp³-hybridized carbons (Fsp3) is 0.562. The van der Waals surface area contributed by atoms with E-state index in [-0.39, 0.29) is 6.04 Å². The quantitative estimate of drug-likeness (QED) is 0.728. The molecule has 4 nitrogen and oxygen atoms in total. The van der Waals surface area contributed by atoms with Crippen LogP contribution in [0.2, 0.25) is 0 Å². The van der Waals surface area contributed by atoms with Crippen LogP contribution in [0.1, 0.15) is 18.1 Å². The van der Waals surface area contributed by atoms with Crippen molar-refractivity contribution < 1.29 is 14.5 Å². The average Bonchev–Trinajstić information content (AvgIpc) is 2.95. The molecule has 1 aromatic rings. The van der Waals surface area contributed by atoms with Crippen molar-refractivity contribution >= 4 is 0 Å². The van der Waals surface area contributed by atoms with Gasteiger partial charge in [0.25, 0.3) is 0 Å². The number of hydrogen-bond acceptors (Lipinski definition) is 2. The first-order valence-electron chi connectivity index (χ1n) is 7.58. The van der Waals surface area contributed by atoms with Gasteiger partial charge < -0.3 is 14.5 Å². The Morgan fingerprint density at radius 1 is 1.30 bits per heavy atom. The Hall–Kier alpha value is -1.57. The number of quaternary nitrogens is 2. The summed E-state index contributed by atoms with van der Waals surface area (Å²) >= 11 is 0. The molecule has 0 spiro atoms. The largest absolute Gasteiger partial charge is 0.493 e. The van der Waals surface area contributed by atoms with E-state index in [0.29, 0.717) is 0 Å². The molecule has 4 heteroatoms. The lowest BCUT2D eigenvalue weighted by Crippen LogP contribution is -3.29. The second kappa shape index (κ2) is 5.82. The highest BCUT2D eigenvalue weighted by Gasteiger charge is 2.26. The number of benzene rings is 1. The van der Waals surface area contributed by atoms with Crippen molar-refractivity contribution in [2.24, 2.45) is 0 Å². The Labute approximate surface area is 120 Å². The molecule has 0 aromatic heterocycles. The summed E-state index contributed by atoms with van der Waals surface area (Å²) in [4.78, 5) is 3.08. The first-order chi connectivity index (χ1) is 9.76. The van der Waals surface area contributed by atoms with Crippen molar-refractivity contribution in [3.05, 3.63) is 29.3 Å². The van der Waals surface area contributed by atoms with Crippen LogP contribution in [0.15, 0.2) is 18.2 Å². The molecular formula is C16H23N3O+2. The van der Waals surface area contributed by atoms with Crippen molar-refractivity contribution in [3.63, 3.8) is 0 Å². The minimum atomic E-state index is 0.133. The molecule has 2 aliphatic rings. The van der Waals surface area contributed by atoms with Gasteiger partial charge in [0.2, 0.25) is 0 Å². The summed E-state index contributed by atoms with van der Waals surface area (Å²) in [6.07, 6.45) is 1.05. The van der Waals surface area contributed by atoms with Crippen molar-refractivity contribution in [1.29, 1.82) is 5.26 Å². The molecule has 0 aliphatic carbocycles.